The molecule has 2 heterocycles. The van der Waals surface area contributed by atoms with E-state index in [1.54, 1.807) is 0 Å². The minimum absolute atomic E-state index is 0.274. The fourth-order valence-corrected chi connectivity index (χ4v) is 2.64. The van der Waals surface area contributed by atoms with E-state index in [9.17, 15) is 9.90 Å². The summed E-state index contributed by atoms with van der Waals surface area (Å²) in [6.07, 6.45) is 2.57. The molecule has 0 aromatic heterocycles. The summed E-state index contributed by atoms with van der Waals surface area (Å²) in [6.45, 7) is 4.94. The topological polar surface area (TPSA) is 53.0 Å². The fourth-order valence-electron chi connectivity index (χ4n) is 2.64. The maximum Gasteiger partial charge on any atom is 0.309 e. The second-order valence-electron chi connectivity index (χ2n) is 5.19. The van der Waals surface area contributed by atoms with Gasteiger partial charge in [-0.05, 0) is 19.9 Å². The molecule has 1 N–H and O–H groups in total. The molecule has 2 saturated heterocycles. The van der Waals surface area contributed by atoms with Crippen LogP contribution in [0.3, 0.4) is 0 Å². The van der Waals surface area contributed by atoms with Gasteiger partial charge in [0.2, 0.25) is 0 Å². The van der Waals surface area contributed by atoms with Crippen LogP contribution in [0.25, 0.3) is 0 Å². The Labute approximate surface area is 102 Å². The molecule has 2 fully saturated rings. The third kappa shape index (κ3) is 3.66. The predicted octanol–water partition coefficient (Wildman–Crippen LogP) is 0.114. The molecule has 0 aliphatic carbocycles. The van der Waals surface area contributed by atoms with Crippen molar-refractivity contribution in [1.29, 1.82) is 0 Å². The molecule has 0 amide bonds. The molecule has 2 aliphatic rings. The highest BCUT2D eigenvalue weighted by atomic mass is 16.5. The number of hydrogen-bond donors (Lipinski definition) is 1. The molecule has 0 saturated carbocycles. The normalized spacial score (nSPS) is 32.5. The summed E-state index contributed by atoms with van der Waals surface area (Å²) in [5.41, 5.74) is 0. The van der Waals surface area contributed by atoms with Crippen molar-refractivity contribution in [2.24, 2.45) is 5.92 Å². The Bertz CT molecular complexity index is 266. The molecule has 0 radical (unpaired) electrons. The Balaban J connectivity index is 1.89. The number of rotatable bonds is 3. The lowest BCUT2D eigenvalue weighted by Crippen LogP contribution is -2.38. The summed E-state index contributed by atoms with van der Waals surface area (Å²) in [5, 5.41) is 9.18. The van der Waals surface area contributed by atoms with Crippen molar-refractivity contribution in [3.63, 3.8) is 0 Å². The van der Waals surface area contributed by atoms with Gasteiger partial charge in [-0.3, -0.25) is 9.69 Å². The standard InChI is InChI=1S/C12H22N2O3/c1-13-4-5-14(8-10(7-13)12(15)16)9-11-3-2-6-17-11/h10-11H,2-9H2,1H3,(H,15,16). The highest BCUT2D eigenvalue weighted by Crippen LogP contribution is 2.16. The van der Waals surface area contributed by atoms with Crippen LogP contribution in [0.5, 0.6) is 0 Å². The first-order valence-corrected chi connectivity index (χ1v) is 6.40. The maximum atomic E-state index is 11.2. The molecule has 5 nitrogen and oxygen atoms in total. The lowest BCUT2D eigenvalue weighted by atomic mass is 10.1. The van der Waals surface area contributed by atoms with Crippen LogP contribution in [0.2, 0.25) is 0 Å². The molecule has 5 heteroatoms. The molecule has 17 heavy (non-hydrogen) atoms. The first kappa shape index (κ1) is 12.8. The molecule has 98 valence electrons. The van der Waals surface area contributed by atoms with E-state index < -0.39 is 5.97 Å². The zero-order valence-electron chi connectivity index (χ0n) is 10.5. The number of carboxylic acids is 1. The van der Waals surface area contributed by atoms with Gasteiger partial charge >= 0.3 is 5.97 Å². The molecular weight excluding hydrogens is 220 g/mol. The monoisotopic (exact) mass is 242 g/mol. The van der Waals surface area contributed by atoms with Gasteiger partial charge in [-0.25, -0.2) is 0 Å². The third-order valence-electron chi connectivity index (χ3n) is 3.64. The summed E-state index contributed by atoms with van der Waals surface area (Å²) in [4.78, 5) is 15.5. The fraction of sp³-hybridized carbons (Fsp3) is 0.917. The van der Waals surface area contributed by atoms with Crippen LogP contribution in [0.1, 0.15) is 12.8 Å². The second-order valence-corrected chi connectivity index (χ2v) is 5.19. The van der Waals surface area contributed by atoms with Crippen molar-refractivity contribution >= 4 is 5.97 Å². The van der Waals surface area contributed by atoms with Gasteiger partial charge in [0, 0.05) is 39.3 Å². The molecule has 0 bridgehead atoms. The van der Waals surface area contributed by atoms with Crippen molar-refractivity contribution in [3.8, 4) is 0 Å². The predicted molar refractivity (Wildman–Crippen MR) is 64.0 cm³/mol. The SMILES string of the molecule is CN1CCN(CC2CCCO2)CC(C(=O)O)C1. The minimum Gasteiger partial charge on any atom is -0.481 e. The first-order valence-electron chi connectivity index (χ1n) is 6.40. The summed E-state index contributed by atoms with van der Waals surface area (Å²) in [7, 11) is 1.99. The van der Waals surface area contributed by atoms with E-state index in [1.165, 1.54) is 0 Å². The van der Waals surface area contributed by atoms with E-state index >= 15 is 0 Å². The Morgan fingerprint density at radius 2 is 2.24 bits per heavy atom. The van der Waals surface area contributed by atoms with Crippen LogP contribution in [-0.4, -0.2) is 73.4 Å². The minimum atomic E-state index is -0.684. The lowest BCUT2D eigenvalue weighted by molar-refractivity contribution is -0.142. The molecule has 2 rings (SSSR count). The first-order chi connectivity index (χ1) is 8.15. The molecule has 2 atom stereocenters. The quantitative estimate of drug-likeness (QED) is 0.761. The highest BCUT2D eigenvalue weighted by molar-refractivity contribution is 5.70. The number of nitrogens with zero attached hydrogens (tertiary/aromatic N) is 2. The van der Waals surface area contributed by atoms with Gasteiger partial charge in [-0.1, -0.05) is 0 Å². The van der Waals surface area contributed by atoms with Gasteiger partial charge in [-0.15, -0.1) is 0 Å². The number of likely N-dealkylation sites (N-methyl/N-ethyl adjacent to an activating group) is 1. The van der Waals surface area contributed by atoms with Crippen LogP contribution in [-0.2, 0) is 9.53 Å². The van der Waals surface area contributed by atoms with Crippen molar-refractivity contribution in [2.45, 2.75) is 18.9 Å². The van der Waals surface area contributed by atoms with E-state index in [1.807, 2.05) is 7.05 Å². The lowest BCUT2D eigenvalue weighted by Gasteiger charge is -2.24. The van der Waals surface area contributed by atoms with Crippen LogP contribution in [0, 0.1) is 5.92 Å². The zero-order chi connectivity index (χ0) is 12.3. The molecular formula is C12H22N2O3. The van der Waals surface area contributed by atoms with Gasteiger partial charge in [-0.2, -0.15) is 0 Å². The number of aliphatic carboxylic acids is 1. The van der Waals surface area contributed by atoms with Crippen LogP contribution >= 0.6 is 0 Å². The largest absolute Gasteiger partial charge is 0.481 e. The van der Waals surface area contributed by atoms with Crippen LogP contribution < -0.4 is 0 Å². The Morgan fingerprint density at radius 3 is 2.88 bits per heavy atom. The van der Waals surface area contributed by atoms with E-state index in [0.717, 1.165) is 39.1 Å². The van der Waals surface area contributed by atoms with Crippen molar-refractivity contribution in [2.75, 3.05) is 46.4 Å². The summed E-state index contributed by atoms with van der Waals surface area (Å²) in [5.74, 6) is -0.958. The number of carboxylic acid groups (broad SMARTS) is 1. The summed E-state index contributed by atoms with van der Waals surface area (Å²) >= 11 is 0. The Kier molecular flexibility index (Phi) is 4.36. The van der Waals surface area contributed by atoms with Crippen molar-refractivity contribution in [3.05, 3.63) is 0 Å². The highest BCUT2D eigenvalue weighted by Gasteiger charge is 2.28. The number of carbonyl (C=O) groups is 1. The van der Waals surface area contributed by atoms with E-state index in [2.05, 4.69) is 9.80 Å². The number of hydrogen-bond acceptors (Lipinski definition) is 4. The summed E-state index contributed by atoms with van der Waals surface area (Å²) < 4.78 is 5.62. The molecule has 2 aliphatic heterocycles. The van der Waals surface area contributed by atoms with Gasteiger partial charge in [0.25, 0.3) is 0 Å². The maximum absolute atomic E-state index is 11.2. The second kappa shape index (κ2) is 5.80. The Morgan fingerprint density at radius 1 is 1.41 bits per heavy atom. The van der Waals surface area contributed by atoms with Gasteiger partial charge in [0.05, 0.1) is 12.0 Å². The third-order valence-corrected chi connectivity index (χ3v) is 3.64. The summed E-state index contributed by atoms with van der Waals surface area (Å²) in [6, 6.07) is 0. The smallest absolute Gasteiger partial charge is 0.309 e. The molecule has 0 aromatic carbocycles. The Hall–Kier alpha value is -0.650. The van der Waals surface area contributed by atoms with Gasteiger partial charge in [0.1, 0.15) is 0 Å². The molecule has 0 spiro atoms. The van der Waals surface area contributed by atoms with Crippen molar-refractivity contribution < 1.29 is 14.6 Å². The van der Waals surface area contributed by atoms with Gasteiger partial charge < -0.3 is 14.7 Å². The average Bonchev–Trinajstić information content (AvgIpc) is 2.70. The average molecular weight is 242 g/mol. The zero-order valence-corrected chi connectivity index (χ0v) is 10.5. The van der Waals surface area contributed by atoms with Crippen LogP contribution in [0.15, 0.2) is 0 Å². The van der Waals surface area contributed by atoms with Crippen LogP contribution in [0.4, 0.5) is 0 Å². The van der Waals surface area contributed by atoms with E-state index in [4.69, 9.17) is 4.74 Å². The van der Waals surface area contributed by atoms with E-state index in [0.29, 0.717) is 19.2 Å². The number of ether oxygens (including phenoxy) is 1. The van der Waals surface area contributed by atoms with Gasteiger partial charge in [0.15, 0.2) is 0 Å². The van der Waals surface area contributed by atoms with Crippen molar-refractivity contribution in [1.82, 2.24) is 9.80 Å². The molecule has 2 unspecified atom stereocenters. The van der Waals surface area contributed by atoms with E-state index in [-0.39, 0.29) is 5.92 Å². The molecule has 0 aromatic rings.